The van der Waals surface area contributed by atoms with E-state index in [0.29, 0.717) is 19.5 Å². The van der Waals surface area contributed by atoms with Crippen LogP contribution in [0.3, 0.4) is 0 Å². The monoisotopic (exact) mass is 404 g/mol. The minimum Gasteiger partial charge on any atom is -0.336 e. The standard InChI is InChI=1S/C24H21FN2O3/c1-16-6-11-21(28)27(14-16)22(23(29)18-7-9-20(25)10-8-18)24(30)26-13-12-17-4-2-3-5-19(17)15-26/h2-11,14,22H,12-13,15H2,1H3/t22-/m1/s1. The molecule has 6 heteroatoms. The zero-order chi connectivity index (χ0) is 21.3. The van der Waals surface area contributed by atoms with Gasteiger partial charge < -0.3 is 4.90 Å². The molecule has 152 valence electrons. The van der Waals surface area contributed by atoms with Crippen LogP contribution in [0, 0.1) is 12.7 Å². The van der Waals surface area contributed by atoms with Crippen molar-refractivity contribution in [2.24, 2.45) is 0 Å². The molecule has 0 saturated carbocycles. The predicted octanol–water partition coefficient (Wildman–Crippen LogP) is 3.30. The summed E-state index contributed by atoms with van der Waals surface area (Å²) in [5.74, 6) is -1.45. The zero-order valence-electron chi connectivity index (χ0n) is 16.5. The van der Waals surface area contributed by atoms with E-state index in [1.54, 1.807) is 17.9 Å². The molecule has 0 fully saturated rings. The lowest BCUT2D eigenvalue weighted by molar-refractivity contribution is -0.134. The molecule has 2 aromatic carbocycles. The van der Waals surface area contributed by atoms with Crippen LogP contribution in [0.4, 0.5) is 4.39 Å². The first-order valence-electron chi connectivity index (χ1n) is 9.78. The molecule has 1 atom stereocenters. The number of aryl methyl sites for hydroxylation is 1. The van der Waals surface area contributed by atoms with Gasteiger partial charge in [0.05, 0.1) is 0 Å². The Kier molecular flexibility index (Phi) is 5.31. The van der Waals surface area contributed by atoms with Gasteiger partial charge in [0.15, 0.2) is 11.8 Å². The number of nitrogens with zero attached hydrogens (tertiary/aromatic N) is 2. The SMILES string of the molecule is Cc1ccc(=O)n([C@H](C(=O)c2ccc(F)cc2)C(=O)N2CCc3ccccc3C2)c1. The Morgan fingerprint density at radius 2 is 1.67 bits per heavy atom. The maximum atomic E-state index is 13.5. The lowest BCUT2D eigenvalue weighted by Gasteiger charge is -2.32. The number of amides is 1. The van der Waals surface area contributed by atoms with Gasteiger partial charge in [0, 0.05) is 30.9 Å². The maximum absolute atomic E-state index is 13.5. The minimum absolute atomic E-state index is 0.181. The molecular weight excluding hydrogens is 383 g/mol. The van der Waals surface area contributed by atoms with Gasteiger partial charge in [-0.05, 0) is 54.3 Å². The fourth-order valence-electron chi connectivity index (χ4n) is 3.80. The second kappa shape index (κ2) is 8.06. The maximum Gasteiger partial charge on any atom is 0.254 e. The number of aromatic nitrogens is 1. The van der Waals surface area contributed by atoms with Crippen molar-refractivity contribution in [3.05, 3.63) is 105 Å². The highest BCUT2D eigenvalue weighted by Crippen LogP contribution is 2.23. The van der Waals surface area contributed by atoms with Gasteiger partial charge in [-0.15, -0.1) is 0 Å². The second-order valence-electron chi connectivity index (χ2n) is 7.50. The lowest BCUT2D eigenvalue weighted by atomic mass is 9.97. The van der Waals surface area contributed by atoms with Crippen molar-refractivity contribution in [3.63, 3.8) is 0 Å². The van der Waals surface area contributed by atoms with E-state index in [9.17, 15) is 18.8 Å². The van der Waals surface area contributed by atoms with E-state index in [2.05, 4.69) is 0 Å². The fraction of sp³-hybridized carbons (Fsp3) is 0.208. The molecule has 30 heavy (non-hydrogen) atoms. The normalized spacial score (nSPS) is 14.1. The third-order valence-corrected chi connectivity index (χ3v) is 5.42. The first-order valence-corrected chi connectivity index (χ1v) is 9.78. The summed E-state index contributed by atoms with van der Waals surface area (Å²) in [4.78, 5) is 41.0. The predicted molar refractivity (Wildman–Crippen MR) is 111 cm³/mol. The highest BCUT2D eigenvalue weighted by molar-refractivity contribution is 6.11. The van der Waals surface area contributed by atoms with E-state index in [4.69, 9.17) is 0 Å². The third kappa shape index (κ3) is 3.81. The van der Waals surface area contributed by atoms with Crippen LogP contribution in [0.15, 0.2) is 71.7 Å². The first-order chi connectivity index (χ1) is 14.4. The molecule has 0 spiro atoms. The number of fused-ring (bicyclic) bond motifs is 1. The van der Waals surface area contributed by atoms with E-state index in [1.807, 2.05) is 24.3 Å². The van der Waals surface area contributed by atoms with Crippen LogP contribution in [0.1, 0.15) is 33.1 Å². The molecule has 0 N–H and O–H groups in total. The Morgan fingerprint density at radius 3 is 2.40 bits per heavy atom. The van der Waals surface area contributed by atoms with Crippen molar-refractivity contribution in [3.8, 4) is 0 Å². The Hall–Kier alpha value is -3.54. The van der Waals surface area contributed by atoms with Crippen molar-refractivity contribution < 1.29 is 14.0 Å². The number of carbonyl (C=O) groups is 2. The first kappa shape index (κ1) is 19.8. The molecule has 1 aliphatic heterocycles. The van der Waals surface area contributed by atoms with Crippen molar-refractivity contribution in [1.29, 1.82) is 0 Å². The van der Waals surface area contributed by atoms with Crippen LogP contribution >= 0.6 is 0 Å². The van der Waals surface area contributed by atoms with Crippen molar-refractivity contribution in [2.75, 3.05) is 6.54 Å². The molecule has 0 aliphatic carbocycles. The van der Waals surface area contributed by atoms with Gasteiger partial charge in [-0.25, -0.2) is 4.39 Å². The average Bonchev–Trinajstić information content (AvgIpc) is 2.76. The van der Waals surface area contributed by atoms with Crippen LogP contribution in [0.5, 0.6) is 0 Å². The molecule has 1 aromatic heterocycles. The van der Waals surface area contributed by atoms with Gasteiger partial charge in [-0.3, -0.25) is 19.0 Å². The van der Waals surface area contributed by atoms with Crippen LogP contribution in [-0.4, -0.2) is 27.7 Å². The summed E-state index contributed by atoms with van der Waals surface area (Å²) in [5.41, 5.74) is 2.70. The summed E-state index contributed by atoms with van der Waals surface area (Å²) < 4.78 is 14.5. The van der Waals surface area contributed by atoms with Crippen molar-refractivity contribution in [1.82, 2.24) is 9.47 Å². The van der Waals surface area contributed by atoms with E-state index < -0.39 is 29.1 Å². The Bertz CT molecular complexity index is 1170. The quantitative estimate of drug-likeness (QED) is 0.495. The molecular formula is C24H21FN2O3. The number of ketones is 1. The molecule has 1 aliphatic rings. The number of Topliss-reactive ketones (excluding diaryl/α,β-unsaturated/α-hetero) is 1. The van der Waals surface area contributed by atoms with Crippen molar-refractivity contribution >= 4 is 11.7 Å². The number of rotatable bonds is 4. The Morgan fingerprint density at radius 1 is 0.967 bits per heavy atom. The molecule has 5 nitrogen and oxygen atoms in total. The van der Waals surface area contributed by atoms with Gasteiger partial charge in [0.2, 0.25) is 0 Å². The molecule has 0 bridgehead atoms. The summed E-state index contributed by atoms with van der Waals surface area (Å²) >= 11 is 0. The highest BCUT2D eigenvalue weighted by atomic mass is 19.1. The fourth-order valence-corrected chi connectivity index (χ4v) is 3.80. The molecule has 1 amide bonds. The van der Waals surface area contributed by atoms with E-state index in [0.717, 1.165) is 11.1 Å². The lowest BCUT2D eigenvalue weighted by Crippen LogP contribution is -2.45. The number of halogens is 1. The summed E-state index contributed by atoms with van der Waals surface area (Å²) in [6.07, 6.45) is 2.20. The smallest absolute Gasteiger partial charge is 0.254 e. The van der Waals surface area contributed by atoms with Gasteiger partial charge in [0.25, 0.3) is 11.5 Å². The van der Waals surface area contributed by atoms with Crippen LogP contribution in [0.25, 0.3) is 0 Å². The van der Waals surface area contributed by atoms with Gasteiger partial charge in [-0.1, -0.05) is 30.3 Å². The van der Waals surface area contributed by atoms with Crippen LogP contribution in [0.2, 0.25) is 0 Å². The number of hydrogen-bond donors (Lipinski definition) is 0. The van der Waals surface area contributed by atoms with Gasteiger partial charge >= 0.3 is 0 Å². The largest absolute Gasteiger partial charge is 0.336 e. The minimum atomic E-state index is -1.34. The van der Waals surface area contributed by atoms with E-state index in [-0.39, 0.29) is 5.56 Å². The molecule has 0 radical (unpaired) electrons. The second-order valence-corrected chi connectivity index (χ2v) is 7.50. The zero-order valence-corrected chi connectivity index (χ0v) is 16.5. The summed E-state index contributed by atoms with van der Waals surface area (Å²) in [7, 11) is 0. The molecule has 4 rings (SSSR count). The summed E-state index contributed by atoms with van der Waals surface area (Å²) in [6.45, 7) is 2.63. The summed E-state index contributed by atoms with van der Waals surface area (Å²) in [5, 5.41) is 0. The Balaban J connectivity index is 1.74. The topological polar surface area (TPSA) is 59.4 Å². The summed E-state index contributed by atoms with van der Waals surface area (Å²) in [6, 6.07) is 14.5. The van der Waals surface area contributed by atoms with Gasteiger partial charge in [-0.2, -0.15) is 0 Å². The molecule has 0 unspecified atom stereocenters. The number of pyridine rings is 1. The Labute approximate surface area is 173 Å². The van der Waals surface area contributed by atoms with Crippen LogP contribution in [-0.2, 0) is 17.8 Å². The molecule has 0 saturated heterocycles. The number of carbonyl (C=O) groups excluding carboxylic acids is 2. The third-order valence-electron chi connectivity index (χ3n) is 5.42. The van der Waals surface area contributed by atoms with Crippen molar-refractivity contribution in [2.45, 2.75) is 25.9 Å². The van der Waals surface area contributed by atoms with Crippen LogP contribution < -0.4 is 5.56 Å². The number of benzene rings is 2. The molecule has 2 heterocycles. The van der Waals surface area contributed by atoms with E-state index in [1.165, 1.54) is 46.7 Å². The number of hydrogen-bond acceptors (Lipinski definition) is 3. The highest BCUT2D eigenvalue weighted by Gasteiger charge is 2.35. The molecule has 3 aromatic rings. The van der Waals surface area contributed by atoms with E-state index >= 15 is 0 Å². The van der Waals surface area contributed by atoms with Gasteiger partial charge in [0.1, 0.15) is 5.82 Å². The average molecular weight is 404 g/mol.